The molecule has 4 fully saturated rings. The molecule has 5 aliphatic rings. The van der Waals surface area contributed by atoms with Gasteiger partial charge in [0.2, 0.25) is 11.8 Å². The van der Waals surface area contributed by atoms with E-state index in [0.29, 0.717) is 55.6 Å². The highest BCUT2D eigenvalue weighted by Crippen LogP contribution is 2.38. The molecule has 11 rings (SSSR count). The van der Waals surface area contributed by atoms with Crippen LogP contribution in [0.3, 0.4) is 0 Å². The van der Waals surface area contributed by atoms with E-state index in [-0.39, 0.29) is 47.4 Å². The molecule has 0 radical (unpaired) electrons. The van der Waals surface area contributed by atoms with E-state index in [0.717, 1.165) is 121 Å². The van der Waals surface area contributed by atoms with Crippen molar-refractivity contribution in [1.82, 2.24) is 48.2 Å². The van der Waals surface area contributed by atoms with Crippen molar-refractivity contribution in [2.45, 2.75) is 96.4 Å². The second kappa shape index (κ2) is 19.6. The molecule has 1 unspecified atom stereocenters. The molecule has 0 spiro atoms. The van der Waals surface area contributed by atoms with Crippen molar-refractivity contribution in [3.63, 3.8) is 0 Å². The van der Waals surface area contributed by atoms with Gasteiger partial charge in [-0.05, 0) is 124 Å². The fourth-order valence-electron chi connectivity index (χ4n) is 12.3. The first-order chi connectivity index (χ1) is 35.2. The number of hydrogen-bond donors (Lipinski definition) is 2. The zero-order valence-electron chi connectivity index (χ0n) is 42.6. The molecular weight excluding hydrogens is 926 g/mol. The quantitative estimate of drug-likeness (QED) is 0.129. The van der Waals surface area contributed by atoms with Crippen LogP contribution in [0.25, 0.3) is 33.3 Å². The van der Waals surface area contributed by atoms with E-state index in [1.54, 1.807) is 34.6 Å². The van der Waals surface area contributed by atoms with E-state index in [1.807, 2.05) is 47.7 Å². The van der Waals surface area contributed by atoms with Gasteiger partial charge in [0.15, 0.2) is 0 Å². The minimum atomic E-state index is -0.690. The zero-order valence-corrected chi connectivity index (χ0v) is 42.6. The molecule has 3 amide bonds. The molecule has 73 heavy (non-hydrogen) atoms. The number of fused-ring (bicyclic) bond motifs is 2. The van der Waals surface area contributed by atoms with Crippen molar-refractivity contribution in [3.8, 4) is 5.69 Å². The highest BCUT2D eigenvalue weighted by atomic mass is 19.1. The Morgan fingerprint density at radius 2 is 1.71 bits per heavy atom. The summed E-state index contributed by atoms with van der Waals surface area (Å²) >= 11 is 0. The van der Waals surface area contributed by atoms with E-state index in [4.69, 9.17) is 0 Å². The summed E-state index contributed by atoms with van der Waals surface area (Å²) in [5.74, 6) is -0.702. The zero-order chi connectivity index (χ0) is 50.8. The third-order valence-electron chi connectivity index (χ3n) is 16.5. The number of pyridine rings is 2. The molecule has 382 valence electrons. The van der Waals surface area contributed by atoms with Crippen LogP contribution in [-0.2, 0) is 23.2 Å². The van der Waals surface area contributed by atoms with Gasteiger partial charge in [-0.1, -0.05) is 12.1 Å². The molecule has 4 aliphatic heterocycles. The van der Waals surface area contributed by atoms with Crippen LogP contribution in [-0.4, -0.2) is 126 Å². The number of nitrogens with zero attached hydrogens (tertiary/aromatic N) is 9. The maximum atomic E-state index is 16.2. The number of aryl methyl sites for hydroxylation is 2. The second-order valence-electron chi connectivity index (χ2n) is 21.2. The van der Waals surface area contributed by atoms with Crippen LogP contribution in [0.4, 0.5) is 10.1 Å². The average Bonchev–Trinajstić information content (AvgIpc) is 4.10. The van der Waals surface area contributed by atoms with E-state index in [9.17, 15) is 24.0 Å². The van der Waals surface area contributed by atoms with Gasteiger partial charge in [-0.15, -0.1) is 0 Å². The minimum absolute atomic E-state index is 0.0306. The van der Waals surface area contributed by atoms with Gasteiger partial charge in [0.1, 0.15) is 17.5 Å². The highest BCUT2D eigenvalue weighted by Gasteiger charge is 2.36. The molecule has 17 heteroatoms. The predicted molar refractivity (Wildman–Crippen MR) is 280 cm³/mol. The molecule has 16 nitrogen and oxygen atoms in total. The Labute approximate surface area is 424 Å². The molecule has 8 heterocycles. The number of piperidine rings is 2. The predicted octanol–water partition coefficient (Wildman–Crippen LogP) is 6.55. The van der Waals surface area contributed by atoms with Gasteiger partial charge in [-0.3, -0.25) is 52.9 Å². The van der Waals surface area contributed by atoms with Crippen LogP contribution >= 0.6 is 0 Å². The summed E-state index contributed by atoms with van der Waals surface area (Å²) < 4.78 is 23.4. The topological polar surface area (TPSA) is 155 Å². The van der Waals surface area contributed by atoms with Gasteiger partial charge < -0.3 is 14.8 Å². The number of piperazine rings is 1. The molecule has 3 saturated heterocycles. The smallest absolute Gasteiger partial charge is 0.330 e. The summed E-state index contributed by atoms with van der Waals surface area (Å²) in [6.45, 7) is 13.6. The molecule has 3 atom stereocenters. The number of imide groups is 1. The van der Waals surface area contributed by atoms with E-state index in [1.165, 1.54) is 6.07 Å². The molecule has 1 saturated carbocycles. The molecule has 2 aromatic carbocycles. The van der Waals surface area contributed by atoms with Gasteiger partial charge in [-0.2, -0.15) is 0 Å². The summed E-state index contributed by atoms with van der Waals surface area (Å²) in [5, 5.41) is 6.34. The maximum Gasteiger partial charge on any atom is 0.330 e. The number of anilines is 1. The van der Waals surface area contributed by atoms with Crippen molar-refractivity contribution >= 4 is 51.0 Å². The fraction of sp³-hybridized carbons (Fsp3) is 0.464. The van der Waals surface area contributed by atoms with Gasteiger partial charge in [0.25, 0.3) is 11.5 Å². The molecule has 4 aromatic heterocycles. The number of aromatic nitrogens is 5. The van der Waals surface area contributed by atoms with Crippen LogP contribution in [0.5, 0.6) is 0 Å². The standard InChI is InChI=1S/C56H66FN11O5/c1-34-26-40(28-44(57)52(34)39-15-21-63(22-16-39)36(3)48-30-43-45(12-18-59-53(43)61(48)5)66-23-17-41(58-4)29-51(66)70)55(72)64-19-13-37(14-20-64)33-65-25-24-62(31-35(65)2)32-38-6-9-46-49(27-38)67(42-7-8-42)56(73)68(46)47-10-11-50(69)60-54(47)71/h6,9,12,15,17-18,23,26-30,35-37,42,47,58H,7-8,10-11,13-14,16,19-22,24-25,31-33H2,1-5H3,(H,60,69,71)/t35-,36-,47?/m0/s1. The number of hydrogen-bond acceptors (Lipinski definition) is 10. The summed E-state index contributed by atoms with van der Waals surface area (Å²) in [6.07, 6.45) is 10.5. The number of amides is 3. The number of imidazole rings is 1. The van der Waals surface area contributed by atoms with Crippen LogP contribution in [0.2, 0.25) is 0 Å². The van der Waals surface area contributed by atoms with E-state index < -0.39 is 11.9 Å². The number of halogens is 1. The lowest BCUT2D eigenvalue weighted by Gasteiger charge is -2.42. The first kappa shape index (κ1) is 48.6. The normalized spacial score (nSPS) is 21.2. The lowest BCUT2D eigenvalue weighted by Crippen LogP contribution is -2.53. The number of carbonyl (C=O) groups excluding carboxylic acids is 3. The van der Waals surface area contributed by atoms with Gasteiger partial charge in [0.05, 0.1) is 16.7 Å². The first-order valence-corrected chi connectivity index (χ1v) is 26.2. The van der Waals surface area contributed by atoms with Crippen LogP contribution in [0.1, 0.15) is 110 Å². The number of rotatable bonds is 12. The van der Waals surface area contributed by atoms with E-state index >= 15 is 4.39 Å². The van der Waals surface area contributed by atoms with Crippen LogP contribution < -0.4 is 21.9 Å². The van der Waals surface area contributed by atoms with Crippen molar-refractivity contribution in [2.75, 3.05) is 64.7 Å². The molecule has 1 aliphatic carbocycles. The van der Waals surface area contributed by atoms with Gasteiger partial charge in [-0.25, -0.2) is 14.2 Å². The Balaban J connectivity index is 0.679. The Morgan fingerprint density at radius 1 is 0.904 bits per heavy atom. The summed E-state index contributed by atoms with van der Waals surface area (Å²) in [4.78, 5) is 79.4. The first-order valence-electron chi connectivity index (χ1n) is 26.2. The van der Waals surface area contributed by atoms with Gasteiger partial charge in [0, 0.05) is 144 Å². The Hall–Kier alpha value is -6.69. The van der Waals surface area contributed by atoms with Gasteiger partial charge >= 0.3 is 5.69 Å². The van der Waals surface area contributed by atoms with Crippen LogP contribution in [0.15, 0.2) is 82.7 Å². The fourth-order valence-corrected chi connectivity index (χ4v) is 12.3. The molecule has 6 aromatic rings. The Bertz CT molecular complexity index is 3300. The Morgan fingerprint density at radius 3 is 2.41 bits per heavy atom. The summed E-state index contributed by atoms with van der Waals surface area (Å²) in [6, 6.07) is 16.8. The minimum Gasteiger partial charge on any atom is -0.388 e. The monoisotopic (exact) mass is 992 g/mol. The van der Waals surface area contributed by atoms with Crippen molar-refractivity contribution in [3.05, 3.63) is 128 Å². The second-order valence-corrected chi connectivity index (χ2v) is 21.2. The Kier molecular flexibility index (Phi) is 13.1. The lowest BCUT2D eigenvalue weighted by atomic mass is 9.92. The molecule has 2 N–H and O–H groups in total. The van der Waals surface area contributed by atoms with Crippen molar-refractivity contribution < 1.29 is 18.8 Å². The number of likely N-dealkylation sites (tertiary alicyclic amines) is 1. The van der Waals surface area contributed by atoms with Crippen molar-refractivity contribution in [1.29, 1.82) is 0 Å². The SMILES string of the molecule is CNc1ccn(-c2ccnc3c2cc([C@H](C)N2CC=C(c4c(C)cc(C(=O)N5CCC(CN6CCN(Cc7ccc8c(c7)n(C7CC7)c(=O)n8C7CCC(=O)NC7=O)C[C@@H]6C)CC5)cc4F)CC2)n3C)c(=O)c1. The lowest BCUT2D eigenvalue weighted by molar-refractivity contribution is -0.135. The largest absolute Gasteiger partial charge is 0.388 e. The average molecular weight is 992 g/mol. The number of benzene rings is 2. The summed E-state index contributed by atoms with van der Waals surface area (Å²) in [5.41, 5.74) is 8.56. The third kappa shape index (κ3) is 9.24. The molecule has 0 bridgehead atoms. The third-order valence-corrected chi connectivity index (χ3v) is 16.5. The number of carbonyl (C=O) groups is 3. The maximum absolute atomic E-state index is 16.2. The van der Waals surface area contributed by atoms with Crippen molar-refractivity contribution in [2.24, 2.45) is 13.0 Å². The number of nitrogens with one attached hydrogen (secondary N) is 2. The summed E-state index contributed by atoms with van der Waals surface area (Å²) in [7, 11) is 3.80. The van der Waals surface area contributed by atoms with E-state index in [2.05, 4.69) is 73.0 Å². The van der Waals surface area contributed by atoms with Crippen LogP contribution in [0, 0.1) is 18.7 Å². The highest BCUT2D eigenvalue weighted by molar-refractivity contribution is 6.00. The molecular formula is C56H66FN11O5.